The summed E-state index contributed by atoms with van der Waals surface area (Å²) in [5, 5.41) is 0. The van der Waals surface area contributed by atoms with Crippen LogP contribution in [-0.4, -0.2) is 61.4 Å². The van der Waals surface area contributed by atoms with Crippen molar-refractivity contribution in [1.82, 2.24) is 4.90 Å². The van der Waals surface area contributed by atoms with Crippen LogP contribution in [0.25, 0.3) is 0 Å². The maximum absolute atomic E-state index is 12.0. The van der Waals surface area contributed by atoms with Gasteiger partial charge in [0.1, 0.15) is 12.2 Å². The molecule has 23 heavy (non-hydrogen) atoms. The Morgan fingerprint density at radius 2 is 1.70 bits per heavy atom. The molecule has 1 amide bonds. The van der Waals surface area contributed by atoms with Gasteiger partial charge in [0.05, 0.1) is 19.3 Å². The fraction of sp³-hybridized carbons (Fsp3) is 0.882. The van der Waals surface area contributed by atoms with Gasteiger partial charge in [-0.05, 0) is 46.5 Å². The number of Topliss-reactive ketones (excluding diaryl/α,β-unsaturated/α-hetero) is 1. The van der Waals surface area contributed by atoms with Gasteiger partial charge in [-0.2, -0.15) is 0 Å². The normalized spacial score (nSPS) is 19.7. The second-order valence-electron chi connectivity index (χ2n) is 7.33. The zero-order chi connectivity index (χ0) is 16.9. The molecule has 0 aromatic rings. The maximum atomic E-state index is 12.0. The van der Waals surface area contributed by atoms with E-state index in [9.17, 15) is 9.59 Å². The van der Waals surface area contributed by atoms with E-state index in [1.807, 2.05) is 20.8 Å². The Hall–Kier alpha value is -1.14. The van der Waals surface area contributed by atoms with E-state index in [1.165, 1.54) is 0 Å². The van der Waals surface area contributed by atoms with E-state index in [4.69, 9.17) is 14.2 Å². The van der Waals surface area contributed by atoms with E-state index in [0.717, 1.165) is 25.7 Å². The molecule has 1 saturated heterocycles. The number of hydrogen-bond acceptors (Lipinski definition) is 5. The SMILES string of the molecule is CC(C)(C)OC(=O)N1CCC(OCCOCC(=O)C2CC2)CC1. The Labute approximate surface area is 138 Å². The molecule has 0 aromatic heterocycles. The number of likely N-dealkylation sites (tertiary alicyclic amines) is 1. The first-order valence-electron chi connectivity index (χ1n) is 8.55. The molecule has 0 unspecified atom stereocenters. The first-order chi connectivity index (χ1) is 10.8. The van der Waals surface area contributed by atoms with Crippen molar-refractivity contribution in [3.8, 4) is 0 Å². The van der Waals surface area contributed by atoms with Crippen LogP contribution in [0.1, 0.15) is 46.5 Å². The minimum atomic E-state index is -0.459. The van der Waals surface area contributed by atoms with Gasteiger partial charge in [-0.15, -0.1) is 0 Å². The molecule has 0 aromatic carbocycles. The monoisotopic (exact) mass is 327 g/mol. The first kappa shape index (κ1) is 18.2. The van der Waals surface area contributed by atoms with Gasteiger partial charge in [-0.3, -0.25) is 4.79 Å². The summed E-state index contributed by atoms with van der Waals surface area (Å²) in [6.45, 7) is 8.07. The van der Waals surface area contributed by atoms with E-state index in [-0.39, 0.29) is 30.5 Å². The van der Waals surface area contributed by atoms with Crippen molar-refractivity contribution in [2.24, 2.45) is 5.92 Å². The van der Waals surface area contributed by atoms with Crippen LogP contribution in [-0.2, 0) is 19.0 Å². The van der Waals surface area contributed by atoms with Gasteiger partial charge >= 0.3 is 6.09 Å². The topological polar surface area (TPSA) is 65.1 Å². The van der Waals surface area contributed by atoms with Crippen LogP contribution < -0.4 is 0 Å². The summed E-state index contributed by atoms with van der Waals surface area (Å²) in [5.41, 5.74) is -0.459. The van der Waals surface area contributed by atoms with Gasteiger partial charge in [0.25, 0.3) is 0 Å². The Morgan fingerprint density at radius 3 is 2.26 bits per heavy atom. The van der Waals surface area contributed by atoms with Crippen LogP contribution in [0.2, 0.25) is 0 Å². The molecular weight excluding hydrogens is 298 g/mol. The number of hydrogen-bond donors (Lipinski definition) is 0. The van der Waals surface area contributed by atoms with Crippen molar-refractivity contribution in [2.45, 2.75) is 58.2 Å². The van der Waals surface area contributed by atoms with Gasteiger partial charge < -0.3 is 19.1 Å². The Kier molecular flexibility index (Phi) is 6.41. The lowest BCUT2D eigenvalue weighted by atomic mass is 10.1. The van der Waals surface area contributed by atoms with Crippen molar-refractivity contribution in [3.05, 3.63) is 0 Å². The predicted octanol–water partition coefficient (Wildman–Crippen LogP) is 2.40. The van der Waals surface area contributed by atoms with Gasteiger partial charge in [0.2, 0.25) is 0 Å². The van der Waals surface area contributed by atoms with Crippen LogP contribution in [0.4, 0.5) is 4.79 Å². The summed E-state index contributed by atoms with van der Waals surface area (Å²) in [6, 6.07) is 0. The second kappa shape index (κ2) is 8.11. The lowest BCUT2D eigenvalue weighted by Gasteiger charge is -2.33. The molecule has 0 bridgehead atoms. The van der Waals surface area contributed by atoms with Crippen molar-refractivity contribution < 1.29 is 23.8 Å². The molecule has 1 heterocycles. The van der Waals surface area contributed by atoms with E-state index >= 15 is 0 Å². The third-order valence-corrected chi connectivity index (χ3v) is 3.95. The molecule has 6 heteroatoms. The molecule has 0 spiro atoms. The molecule has 0 atom stereocenters. The van der Waals surface area contributed by atoms with Crippen LogP contribution in [0.15, 0.2) is 0 Å². The molecule has 1 aliphatic carbocycles. The highest BCUT2D eigenvalue weighted by molar-refractivity contribution is 5.84. The summed E-state index contributed by atoms with van der Waals surface area (Å²) in [4.78, 5) is 25.1. The summed E-state index contributed by atoms with van der Waals surface area (Å²) in [7, 11) is 0. The molecular formula is C17H29NO5. The zero-order valence-electron chi connectivity index (χ0n) is 14.5. The number of amides is 1. The largest absolute Gasteiger partial charge is 0.444 e. The number of ketones is 1. The van der Waals surface area contributed by atoms with E-state index < -0.39 is 5.60 Å². The highest BCUT2D eigenvalue weighted by Gasteiger charge is 2.29. The third-order valence-electron chi connectivity index (χ3n) is 3.95. The van der Waals surface area contributed by atoms with Crippen LogP contribution in [0.5, 0.6) is 0 Å². The van der Waals surface area contributed by atoms with Crippen LogP contribution in [0, 0.1) is 5.92 Å². The lowest BCUT2D eigenvalue weighted by molar-refractivity contribution is -0.125. The minimum Gasteiger partial charge on any atom is -0.444 e. The molecule has 6 nitrogen and oxygen atoms in total. The highest BCUT2D eigenvalue weighted by Crippen LogP contribution is 2.29. The van der Waals surface area contributed by atoms with Crippen molar-refractivity contribution >= 4 is 11.9 Å². The molecule has 1 aliphatic heterocycles. The average Bonchev–Trinajstić information content (AvgIpc) is 3.30. The maximum Gasteiger partial charge on any atom is 0.410 e. The Balaban J connectivity index is 1.52. The zero-order valence-corrected chi connectivity index (χ0v) is 14.5. The van der Waals surface area contributed by atoms with Crippen molar-refractivity contribution in [1.29, 1.82) is 0 Å². The molecule has 2 rings (SSSR count). The number of ether oxygens (including phenoxy) is 3. The molecule has 0 N–H and O–H groups in total. The first-order valence-corrected chi connectivity index (χ1v) is 8.55. The number of rotatable bonds is 7. The van der Waals surface area contributed by atoms with Gasteiger partial charge in [0.15, 0.2) is 5.78 Å². The quantitative estimate of drug-likeness (QED) is 0.672. The second-order valence-corrected chi connectivity index (χ2v) is 7.33. The van der Waals surface area contributed by atoms with Crippen molar-refractivity contribution in [3.63, 3.8) is 0 Å². The van der Waals surface area contributed by atoms with Crippen LogP contribution in [0.3, 0.4) is 0 Å². The fourth-order valence-electron chi connectivity index (χ4n) is 2.50. The molecule has 0 radical (unpaired) electrons. The number of piperidine rings is 1. The van der Waals surface area contributed by atoms with Gasteiger partial charge in [-0.25, -0.2) is 4.79 Å². The van der Waals surface area contributed by atoms with E-state index in [0.29, 0.717) is 26.3 Å². The molecule has 1 saturated carbocycles. The number of nitrogens with zero attached hydrogens (tertiary/aromatic N) is 1. The average molecular weight is 327 g/mol. The van der Waals surface area contributed by atoms with Gasteiger partial charge in [-0.1, -0.05) is 0 Å². The fourth-order valence-corrected chi connectivity index (χ4v) is 2.50. The summed E-state index contributed by atoms with van der Waals surface area (Å²) in [5.74, 6) is 0.476. The minimum absolute atomic E-state index is 0.149. The summed E-state index contributed by atoms with van der Waals surface area (Å²) >= 11 is 0. The van der Waals surface area contributed by atoms with Crippen molar-refractivity contribution in [2.75, 3.05) is 32.9 Å². The Bertz CT molecular complexity index is 406. The van der Waals surface area contributed by atoms with E-state index in [2.05, 4.69) is 0 Å². The summed E-state index contributed by atoms with van der Waals surface area (Å²) in [6.07, 6.45) is 3.55. The Morgan fingerprint density at radius 1 is 1.04 bits per heavy atom. The molecule has 2 aliphatic rings. The highest BCUT2D eigenvalue weighted by atomic mass is 16.6. The lowest BCUT2D eigenvalue weighted by Crippen LogP contribution is -2.43. The number of carbonyl (C=O) groups is 2. The molecule has 132 valence electrons. The van der Waals surface area contributed by atoms with Gasteiger partial charge in [0, 0.05) is 19.0 Å². The molecule has 2 fully saturated rings. The third kappa shape index (κ3) is 6.87. The van der Waals surface area contributed by atoms with Crippen LogP contribution >= 0.6 is 0 Å². The smallest absolute Gasteiger partial charge is 0.410 e. The predicted molar refractivity (Wildman–Crippen MR) is 85.3 cm³/mol. The summed E-state index contributed by atoms with van der Waals surface area (Å²) < 4.78 is 16.5. The number of carbonyl (C=O) groups excluding carboxylic acids is 2. The standard InChI is InChI=1S/C17H29NO5/c1-17(2,3)23-16(20)18-8-6-14(7-9-18)22-11-10-21-12-15(19)13-4-5-13/h13-14H,4-12H2,1-3H3. The van der Waals surface area contributed by atoms with E-state index in [1.54, 1.807) is 4.90 Å².